The number of hydrogen-bond acceptors (Lipinski definition) is 3. The number of aryl methyl sites for hydroxylation is 1. The summed E-state index contributed by atoms with van der Waals surface area (Å²) in [5.74, 6) is 1.14. The van der Waals surface area contributed by atoms with Crippen LogP contribution in [-0.4, -0.2) is 11.2 Å². The van der Waals surface area contributed by atoms with Crippen molar-refractivity contribution in [2.24, 2.45) is 0 Å². The summed E-state index contributed by atoms with van der Waals surface area (Å²) in [5, 5.41) is 13.5. The topological polar surface area (TPSA) is 41.5 Å². The molecule has 3 nitrogen and oxygen atoms in total. The van der Waals surface area contributed by atoms with Gasteiger partial charge < -0.3 is 15.2 Å². The monoisotopic (exact) mass is 285 g/mol. The van der Waals surface area contributed by atoms with E-state index in [-0.39, 0.29) is 12.1 Å². The van der Waals surface area contributed by atoms with Crippen molar-refractivity contribution in [1.82, 2.24) is 0 Å². The lowest BCUT2D eigenvalue weighted by Gasteiger charge is -2.20. The highest BCUT2D eigenvalue weighted by Crippen LogP contribution is 2.32. The van der Waals surface area contributed by atoms with Crippen molar-refractivity contribution in [2.75, 3.05) is 5.32 Å². The number of ether oxygens (including phenoxy) is 1. The fraction of sp³-hybridized carbons (Fsp3) is 0.333. The van der Waals surface area contributed by atoms with Crippen molar-refractivity contribution in [1.29, 1.82) is 0 Å². The summed E-state index contributed by atoms with van der Waals surface area (Å²) in [7, 11) is 0. The molecule has 112 valence electrons. The molecule has 0 radical (unpaired) electrons. The Balaban J connectivity index is 2.21. The van der Waals surface area contributed by atoms with E-state index in [0.717, 1.165) is 22.6 Å². The zero-order valence-electron chi connectivity index (χ0n) is 13.1. The summed E-state index contributed by atoms with van der Waals surface area (Å²) < 4.78 is 5.81. The Morgan fingerprint density at radius 2 is 1.76 bits per heavy atom. The SMILES string of the molecule is Cc1ccc(C(C)Nc2ccccc2OC(C)C)c(O)c1. The van der Waals surface area contributed by atoms with Crippen LogP contribution in [0.4, 0.5) is 5.69 Å². The molecule has 0 amide bonds. The lowest BCUT2D eigenvalue weighted by Crippen LogP contribution is -2.11. The maximum Gasteiger partial charge on any atom is 0.142 e. The molecule has 0 heterocycles. The van der Waals surface area contributed by atoms with Gasteiger partial charge in [-0.25, -0.2) is 0 Å². The molecule has 0 fully saturated rings. The summed E-state index contributed by atoms with van der Waals surface area (Å²) in [5.41, 5.74) is 2.85. The maximum atomic E-state index is 10.1. The second-order valence-electron chi connectivity index (χ2n) is 5.59. The van der Waals surface area contributed by atoms with Gasteiger partial charge in [-0.2, -0.15) is 0 Å². The number of phenols is 1. The van der Waals surface area contributed by atoms with Gasteiger partial charge in [-0.3, -0.25) is 0 Å². The largest absolute Gasteiger partial charge is 0.508 e. The Hall–Kier alpha value is -2.16. The van der Waals surface area contributed by atoms with Crippen molar-refractivity contribution in [3.05, 3.63) is 53.6 Å². The molecule has 0 saturated carbocycles. The number of aromatic hydroxyl groups is 1. The minimum Gasteiger partial charge on any atom is -0.508 e. The first kappa shape index (κ1) is 15.2. The van der Waals surface area contributed by atoms with E-state index in [1.54, 1.807) is 6.07 Å². The molecular weight excluding hydrogens is 262 g/mol. The Labute approximate surface area is 126 Å². The highest BCUT2D eigenvalue weighted by atomic mass is 16.5. The Morgan fingerprint density at radius 3 is 2.43 bits per heavy atom. The van der Waals surface area contributed by atoms with Crippen LogP contribution in [0, 0.1) is 6.92 Å². The standard InChI is InChI=1S/C18H23NO2/c1-12(2)21-18-8-6-5-7-16(18)19-14(4)15-10-9-13(3)11-17(15)20/h5-12,14,19-20H,1-4H3. The first-order chi connectivity index (χ1) is 9.97. The van der Waals surface area contributed by atoms with Gasteiger partial charge in [0.2, 0.25) is 0 Å². The van der Waals surface area contributed by atoms with E-state index < -0.39 is 0 Å². The van der Waals surface area contributed by atoms with Crippen LogP contribution in [0.15, 0.2) is 42.5 Å². The molecule has 0 aliphatic heterocycles. The average molecular weight is 285 g/mol. The first-order valence-corrected chi connectivity index (χ1v) is 7.29. The molecule has 2 aromatic carbocycles. The van der Waals surface area contributed by atoms with Gasteiger partial charge in [0.25, 0.3) is 0 Å². The number of benzene rings is 2. The number of para-hydroxylation sites is 2. The van der Waals surface area contributed by atoms with Crippen molar-refractivity contribution < 1.29 is 9.84 Å². The van der Waals surface area contributed by atoms with Crippen LogP contribution in [-0.2, 0) is 0 Å². The highest BCUT2D eigenvalue weighted by Gasteiger charge is 2.13. The molecule has 0 saturated heterocycles. The fourth-order valence-corrected chi connectivity index (χ4v) is 2.27. The third kappa shape index (κ3) is 3.91. The zero-order valence-corrected chi connectivity index (χ0v) is 13.1. The van der Waals surface area contributed by atoms with Crippen LogP contribution >= 0.6 is 0 Å². The van der Waals surface area contributed by atoms with Crippen molar-refractivity contribution in [2.45, 2.75) is 39.8 Å². The van der Waals surface area contributed by atoms with Gasteiger partial charge in [0.15, 0.2) is 0 Å². The van der Waals surface area contributed by atoms with E-state index in [0.29, 0.717) is 5.75 Å². The normalized spacial score (nSPS) is 12.2. The van der Waals surface area contributed by atoms with E-state index in [1.807, 2.05) is 64.1 Å². The summed E-state index contributed by atoms with van der Waals surface area (Å²) in [6.45, 7) is 8.00. The number of phenolic OH excluding ortho intramolecular Hbond substituents is 1. The molecule has 0 aromatic heterocycles. The molecule has 21 heavy (non-hydrogen) atoms. The minimum absolute atomic E-state index is 0.0116. The quantitative estimate of drug-likeness (QED) is 0.839. The van der Waals surface area contributed by atoms with E-state index in [4.69, 9.17) is 4.74 Å². The molecule has 0 spiro atoms. The van der Waals surface area contributed by atoms with Gasteiger partial charge >= 0.3 is 0 Å². The summed E-state index contributed by atoms with van der Waals surface area (Å²) in [4.78, 5) is 0. The smallest absolute Gasteiger partial charge is 0.142 e. The van der Waals surface area contributed by atoms with E-state index in [1.165, 1.54) is 0 Å². The molecule has 3 heteroatoms. The zero-order chi connectivity index (χ0) is 15.4. The second kappa shape index (κ2) is 6.53. The fourth-order valence-electron chi connectivity index (χ4n) is 2.27. The van der Waals surface area contributed by atoms with Crippen molar-refractivity contribution in [3.8, 4) is 11.5 Å². The molecular formula is C18H23NO2. The van der Waals surface area contributed by atoms with Crippen molar-refractivity contribution >= 4 is 5.69 Å². The van der Waals surface area contributed by atoms with Gasteiger partial charge in [-0.15, -0.1) is 0 Å². The van der Waals surface area contributed by atoms with Crippen molar-refractivity contribution in [3.63, 3.8) is 0 Å². The van der Waals surface area contributed by atoms with Gasteiger partial charge in [0.05, 0.1) is 17.8 Å². The number of rotatable bonds is 5. The molecule has 1 unspecified atom stereocenters. The minimum atomic E-state index is -0.0116. The van der Waals surface area contributed by atoms with Crippen LogP contribution in [0.5, 0.6) is 11.5 Å². The van der Waals surface area contributed by atoms with Crippen LogP contribution in [0.1, 0.15) is 37.9 Å². The number of anilines is 1. The predicted octanol–water partition coefficient (Wildman–Crippen LogP) is 4.66. The third-order valence-electron chi connectivity index (χ3n) is 3.27. The molecule has 0 aliphatic rings. The second-order valence-corrected chi connectivity index (χ2v) is 5.59. The molecule has 0 aliphatic carbocycles. The Morgan fingerprint density at radius 1 is 1.05 bits per heavy atom. The lowest BCUT2D eigenvalue weighted by atomic mass is 10.0. The van der Waals surface area contributed by atoms with Crippen LogP contribution < -0.4 is 10.1 Å². The van der Waals surface area contributed by atoms with Gasteiger partial charge in [-0.1, -0.05) is 24.3 Å². The van der Waals surface area contributed by atoms with Gasteiger partial charge in [0, 0.05) is 5.56 Å². The average Bonchev–Trinajstić information content (AvgIpc) is 2.40. The summed E-state index contributed by atoms with van der Waals surface area (Å²) in [6.07, 6.45) is 0.121. The number of nitrogens with one attached hydrogen (secondary N) is 1. The maximum absolute atomic E-state index is 10.1. The molecule has 2 N–H and O–H groups in total. The molecule has 2 aromatic rings. The summed E-state index contributed by atoms with van der Waals surface area (Å²) >= 11 is 0. The third-order valence-corrected chi connectivity index (χ3v) is 3.27. The van der Waals surface area contributed by atoms with Crippen LogP contribution in [0.25, 0.3) is 0 Å². The molecule has 1 atom stereocenters. The predicted molar refractivity (Wildman–Crippen MR) is 87.1 cm³/mol. The van der Waals surface area contributed by atoms with E-state index >= 15 is 0 Å². The first-order valence-electron chi connectivity index (χ1n) is 7.29. The molecule has 0 bridgehead atoms. The van der Waals surface area contributed by atoms with E-state index in [2.05, 4.69) is 5.32 Å². The summed E-state index contributed by atoms with van der Waals surface area (Å²) in [6, 6.07) is 13.6. The van der Waals surface area contributed by atoms with Gasteiger partial charge in [0.1, 0.15) is 11.5 Å². The molecule has 2 rings (SSSR count). The van der Waals surface area contributed by atoms with Crippen LogP contribution in [0.2, 0.25) is 0 Å². The van der Waals surface area contributed by atoms with Gasteiger partial charge in [-0.05, 0) is 51.5 Å². The highest BCUT2D eigenvalue weighted by molar-refractivity contribution is 5.58. The van der Waals surface area contributed by atoms with Crippen LogP contribution in [0.3, 0.4) is 0 Å². The lowest BCUT2D eigenvalue weighted by molar-refractivity contribution is 0.243. The Bertz CT molecular complexity index is 608. The number of hydrogen-bond donors (Lipinski definition) is 2. The van der Waals surface area contributed by atoms with E-state index in [9.17, 15) is 5.11 Å². The Kier molecular flexibility index (Phi) is 4.73.